The van der Waals surface area contributed by atoms with Crippen LogP contribution in [0, 0.1) is 5.82 Å². The van der Waals surface area contributed by atoms with Crippen LogP contribution in [-0.2, 0) is 0 Å². The summed E-state index contributed by atoms with van der Waals surface area (Å²) >= 11 is 10.7. The highest BCUT2D eigenvalue weighted by atomic mass is 35.5. The number of benzene rings is 2. The molecule has 0 heterocycles. The molecule has 2 aromatic rings. The van der Waals surface area contributed by atoms with E-state index in [2.05, 4.69) is 10.5 Å². The zero-order valence-corrected chi connectivity index (χ0v) is 12.4. The van der Waals surface area contributed by atoms with Crippen molar-refractivity contribution in [3.8, 4) is 0 Å². The Bertz CT molecular complexity index is 718. The topological polar surface area (TPSA) is 76.4 Å². The molecule has 2 rings (SSSR count). The molecule has 0 fully saturated rings. The lowest BCUT2D eigenvalue weighted by atomic mass is 10.0. The number of halogens is 2. The molecular weight excluding hydrogens is 311 g/mol. The molecule has 0 aromatic heterocycles. The molecule has 0 bridgehead atoms. The second-order valence-electron chi connectivity index (χ2n) is 4.15. The van der Waals surface area contributed by atoms with Gasteiger partial charge < -0.3 is 11.5 Å². The van der Waals surface area contributed by atoms with E-state index in [1.807, 2.05) is 0 Å². The first kappa shape index (κ1) is 15.2. The summed E-state index contributed by atoms with van der Waals surface area (Å²) in [5.74, 6) is -0.444. The maximum absolute atomic E-state index is 14.0. The molecule has 0 spiro atoms. The number of nitrogens with two attached hydrogens (primary N) is 2. The molecule has 0 saturated carbocycles. The maximum Gasteiger partial charge on any atom is 0.184 e. The smallest absolute Gasteiger partial charge is 0.184 e. The van der Waals surface area contributed by atoms with E-state index in [1.165, 1.54) is 6.07 Å². The van der Waals surface area contributed by atoms with Crippen molar-refractivity contribution in [2.75, 3.05) is 5.73 Å². The first-order valence-corrected chi connectivity index (χ1v) is 6.71. The van der Waals surface area contributed by atoms with Crippen LogP contribution in [0.3, 0.4) is 0 Å². The third kappa shape index (κ3) is 3.68. The number of nitrogens with zero attached hydrogens (tertiary/aromatic N) is 1. The van der Waals surface area contributed by atoms with E-state index in [4.69, 9.17) is 35.3 Å². The molecule has 21 heavy (non-hydrogen) atoms. The van der Waals surface area contributed by atoms with Gasteiger partial charge in [-0.25, -0.2) is 4.39 Å². The molecule has 5 N–H and O–H groups in total. The first-order valence-electron chi connectivity index (χ1n) is 5.92. The van der Waals surface area contributed by atoms with E-state index in [-0.39, 0.29) is 16.4 Å². The molecule has 108 valence electrons. The molecule has 0 saturated heterocycles. The van der Waals surface area contributed by atoms with Crippen molar-refractivity contribution < 1.29 is 4.39 Å². The standard InChI is InChI=1S/C14H12ClFN4S/c15-8-5-6-12(17)10(7-8)13(19-20-14(18)21)9-3-1-2-4-11(9)16/h1-7H,17H2,(H3,18,20,21)/b19-13+. The quantitative estimate of drug-likeness (QED) is 0.351. The molecule has 0 radical (unpaired) electrons. The van der Waals surface area contributed by atoms with Gasteiger partial charge in [-0.3, -0.25) is 5.43 Å². The zero-order valence-electron chi connectivity index (χ0n) is 10.8. The molecule has 0 amide bonds. The van der Waals surface area contributed by atoms with Gasteiger partial charge in [0.05, 0.1) is 0 Å². The molecule has 7 heteroatoms. The SMILES string of the molecule is NC(=S)N/N=C(/c1cc(Cl)ccc1N)c1ccccc1F. The Hall–Kier alpha value is -2.18. The third-order valence-electron chi connectivity index (χ3n) is 2.68. The summed E-state index contributed by atoms with van der Waals surface area (Å²) in [5.41, 5.74) is 15.2. The largest absolute Gasteiger partial charge is 0.398 e. The van der Waals surface area contributed by atoms with Crippen molar-refractivity contribution in [1.29, 1.82) is 0 Å². The van der Waals surface area contributed by atoms with Crippen LogP contribution in [-0.4, -0.2) is 10.8 Å². The van der Waals surface area contributed by atoms with Crippen LogP contribution in [0.15, 0.2) is 47.6 Å². The number of nitrogens with one attached hydrogen (secondary N) is 1. The Morgan fingerprint density at radius 1 is 1.19 bits per heavy atom. The first-order chi connectivity index (χ1) is 9.99. The van der Waals surface area contributed by atoms with Gasteiger partial charge in [0.25, 0.3) is 0 Å². The van der Waals surface area contributed by atoms with Crippen molar-refractivity contribution in [3.63, 3.8) is 0 Å². The number of anilines is 1. The van der Waals surface area contributed by atoms with E-state index in [1.54, 1.807) is 36.4 Å². The van der Waals surface area contributed by atoms with Gasteiger partial charge in [-0.15, -0.1) is 0 Å². The molecule has 2 aromatic carbocycles. The van der Waals surface area contributed by atoms with Crippen LogP contribution < -0.4 is 16.9 Å². The molecule has 0 aliphatic rings. The molecule has 4 nitrogen and oxygen atoms in total. The second-order valence-corrected chi connectivity index (χ2v) is 5.02. The normalized spacial score (nSPS) is 11.2. The van der Waals surface area contributed by atoms with Gasteiger partial charge in [0, 0.05) is 21.8 Å². The molecule has 0 aliphatic heterocycles. The number of nitrogen functional groups attached to an aromatic ring is 1. The monoisotopic (exact) mass is 322 g/mol. The van der Waals surface area contributed by atoms with Crippen molar-refractivity contribution in [3.05, 3.63) is 64.4 Å². The summed E-state index contributed by atoms with van der Waals surface area (Å²) in [7, 11) is 0. The van der Waals surface area contributed by atoms with Crippen LogP contribution in [0.5, 0.6) is 0 Å². The van der Waals surface area contributed by atoms with Crippen molar-refractivity contribution in [1.82, 2.24) is 5.43 Å². The Kier molecular flexibility index (Phi) is 4.72. The fourth-order valence-electron chi connectivity index (χ4n) is 1.76. The predicted molar refractivity (Wildman–Crippen MR) is 87.8 cm³/mol. The zero-order chi connectivity index (χ0) is 15.4. The van der Waals surface area contributed by atoms with Gasteiger partial charge in [0.15, 0.2) is 5.11 Å². The fourth-order valence-corrected chi connectivity index (χ4v) is 1.98. The van der Waals surface area contributed by atoms with Crippen LogP contribution in [0.2, 0.25) is 5.02 Å². The van der Waals surface area contributed by atoms with E-state index in [9.17, 15) is 4.39 Å². The second kappa shape index (κ2) is 6.51. The summed E-state index contributed by atoms with van der Waals surface area (Å²) in [6.45, 7) is 0. The highest BCUT2D eigenvalue weighted by Gasteiger charge is 2.15. The summed E-state index contributed by atoms with van der Waals surface area (Å²) < 4.78 is 14.0. The number of rotatable bonds is 3. The summed E-state index contributed by atoms with van der Waals surface area (Å²) in [6, 6.07) is 11.0. The average molecular weight is 323 g/mol. The number of thiocarbonyl (C=S) groups is 1. The number of hydrazone groups is 1. The van der Waals surface area contributed by atoms with Crippen LogP contribution >= 0.6 is 23.8 Å². The van der Waals surface area contributed by atoms with Crippen LogP contribution in [0.1, 0.15) is 11.1 Å². The van der Waals surface area contributed by atoms with E-state index >= 15 is 0 Å². The Morgan fingerprint density at radius 2 is 1.90 bits per heavy atom. The van der Waals surface area contributed by atoms with Crippen LogP contribution in [0.25, 0.3) is 0 Å². The number of hydrogen-bond acceptors (Lipinski definition) is 3. The van der Waals surface area contributed by atoms with Crippen molar-refractivity contribution >= 4 is 40.3 Å². The Morgan fingerprint density at radius 3 is 2.57 bits per heavy atom. The lowest BCUT2D eigenvalue weighted by molar-refractivity contribution is 0.625. The van der Waals surface area contributed by atoms with Gasteiger partial charge in [-0.2, -0.15) is 5.10 Å². The van der Waals surface area contributed by atoms with Crippen molar-refractivity contribution in [2.45, 2.75) is 0 Å². The van der Waals surface area contributed by atoms with Gasteiger partial charge in [-0.1, -0.05) is 23.7 Å². The predicted octanol–water partition coefficient (Wildman–Crippen LogP) is 2.65. The number of hydrogen-bond donors (Lipinski definition) is 3. The molecule has 0 atom stereocenters. The van der Waals surface area contributed by atoms with Gasteiger partial charge in [0.1, 0.15) is 11.5 Å². The minimum Gasteiger partial charge on any atom is -0.398 e. The Balaban J connectivity index is 2.62. The summed E-state index contributed by atoms with van der Waals surface area (Å²) in [5, 5.41) is 4.47. The highest BCUT2D eigenvalue weighted by molar-refractivity contribution is 7.80. The van der Waals surface area contributed by atoms with Crippen LogP contribution in [0.4, 0.5) is 10.1 Å². The Labute approximate surface area is 131 Å². The lowest BCUT2D eigenvalue weighted by Gasteiger charge is -2.11. The average Bonchev–Trinajstić information content (AvgIpc) is 2.44. The molecule has 0 unspecified atom stereocenters. The van der Waals surface area contributed by atoms with E-state index < -0.39 is 5.82 Å². The van der Waals surface area contributed by atoms with Gasteiger partial charge in [0.2, 0.25) is 0 Å². The third-order valence-corrected chi connectivity index (χ3v) is 3.00. The maximum atomic E-state index is 14.0. The minimum absolute atomic E-state index is 0.0376. The summed E-state index contributed by atoms with van der Waals surface area (Å²) in [4.78, 5) is 0. The van der Waals surface area contributed by atoms with Crippen molar-refractivity contribution in [2.24, 2.45) is 10.8 Å². The van der Waals surface area contributed by atoms with E-state index in [0.717, 1.165) is 0 Å². The van der Waals surface area contributed by atoms with Gasteiger partial charge in [-0.05, 0) is 42.5 Å². The van der Waals surface area contributed by atoms with E-state index in [0.29, 0.717) is 16.3 Å². The molecule has 0 aliphatic carbocycles. The highest BCUT2D eigenvalue weighted by Crippen LogP contribution is 2.23. The fraction of sp³-hybridized carbons (Fsp3) is 0. The molecular formula is C14H12ClFN4S. The minimum atomic E-state index is -0.444. The summed E-state index contributed by atoms with van der Waals surface area (Å²) in [6.07, 6.45) is 0. The van der Waals surface area contributed by atoms with Gasteiger partial charge >= 0.3 is 0 Å². The lowest BCUT2D eigenvalue weighted by Crippen LogP contribution is -2.26.